The summed E-state index contributed by atoms with van der Waals surface area (Å²) in [5.41, 5.74) is 2.10. The molecule has 8 nitrogen and oxygen atoms in total. The van der Waals surface area contributed by atoms with E-state index in [1.54, 1.807) is 25.6 Å². The van der Waals surface area contributed by atoms with Crippen LogP contribution in [0.4, 0.5) is 11.5 Å². The molecule has 2 aromatic rings. The summed E-state index contributed by atoms with van der Waals surface area (Å²) in [6.45, 7) is 2.63. The minimum Gasteiger partial charge on any atom is -0.481 e. The highest BCUT2D eigenvalue weighted by Crippen LogP contribution is 2.56. The second kappa shape index (κ2) is 7.32. The molecule has 4 heterocycles. The molecular weight excluding hydrogens is 366 g/mol. The zero-order valence-corrected chi connectivity index (χ0v) is 15.8. The number of nitrogens with zero attached hydrogens (tertiary/aromatic N) is 4. The predicted molar refractivity (Wildman–Crippen MR) is 104 cm³/mol. The van der Waals surface area contributed by atoms with E-state index in [1.165, 1.54) is 6.07 Å². The van der Waals surface area contributed by atoms with Crippen molar-refractivity contribution in [1.82, 2.24) is 15.3 Å². The van der Waals surface area contributed by atoms with Crippen molar-refractivity contribution in [2.24, 2.45) is 0 Å². The fourth-order valence-electron chi connectivity index (χ4n) is 3.52. The molecule has 0 unspecified atom stereocenters. The van der Waals surface area contributed by atoms with Crippen molar-refractivity contribution in [2.75, 3.05) is 25.1 Å². The first-order valence-corrected chi connectivity index (χ1v) is 9.75. The number of aromatic nitrogens is 2. The van der Waals surface area contributed by atoms with Gasteiger partial charge in [-0.05, 0) is 40.4 Å². The number of ether oxygens (including phenoxy) is 1. The first-order valence-electron chi connectivity index (χ1n) is 8.87. The Hall–Kier alpha value is -2.39. The van der Waals surface area contributed by atoms with Gasteiger partial charge in [-0.2, -0.15) is 0 Å². The Kier molecular flexibility index (Phi) is 4.88. The molecule has 0 saturated carbocycles. The molecule has 0 aromatic carbocycles. The van der Waals surface area contributed by atoms with Gasteiger partial charge in [-0.15, -0.1) is 11.8 Å². The normalized spacial score (nSPS) is 24.0. The highest BCUT2D eigenvalue weighted by molar-refractivity contribution is 8.08. The fourth-order valence-corrected chi connectivity index (χ4v) is 4.91. The molecule has 9 heteroatoms. The molecule has 2 saturated heterocycles. The number of thioether (sulfide) groups is 1. The first-order chi connectivity index (χ1) is 13.1. The molecule has 2 aromatic heterocycles. The molecule has 0 aliphatic carbocycles. The zero-order valence-electron chi connectivity index (χ0n) is 15.0. The fraction of sp³-hybridized carbons (Fsp3) is 0.444. The van der Waals surface area contributed by atoms with Crippen LogP contribution < -0.4 is 15.0 Å². The lowest BCUT2D eigenvalue weighted by Gasteiger charge is -2.21. The predicted octanol–water partition coefficient (Wildman–Crippen LogP) is 2.60. The van der Waals surface area contributed by atoms with Crippen LogP contribution in [0.25, 0.3) is 0 Å². The maximum atomic E-state index is 10.8. The van der Waals surface area contributed by atoms with Gasteiger partial charge in [0.05, 0.1) is 22.9 Å². The molecule has 0 radical (unpaired) electrons. The van der Waals surface area contributed by atoms with E-state index in [0.29, 0.717) is 11.1 Å². The largest absolute Gasteiger partial charge is 0.481 e. The molecule has 0 spiro atoms. The van der Waals surface area contributed by atoms with Crippen molar-refractivity contribution >= 4 is 23.3 Å². The van der Waals surface area contributed by atoms with Crippen LogP contribution in [0.1, 0.15) is 18.4 Å². The Balaban J connectivity index is 1.38. The molecule has 1 N–H and O–H groups in total. The lowest BCUT2D eigenvalue weighted by Crippen LogP contribution is -2.35. The Labute approximate surface area is 161 Å². The van der Waals surface area contributed by atoms with Gasteiger partial charge in [0.2, 0.25) is 5.88 Å². The van der Waals surface area contributed by atoms with Crippen molar-refractivity contribution in [1.29, 1.82) is 0 Å². The van der Waals surface area contributed by atoms with Crippen LogP contribution in [0.2, 0.25) is 0 Å². The van der Waals surface area contributed by atoms with Gasteiger partial charge < -0.3 is 19.8 Å². The minimum absolute atomic E-state index is 0.111. The maximum absolute atomic E-state index is 10.8. The van der Waals surface area contributed by atoms with Crippen molar-refractivity contribution < 1.29 is 9.66 Å². The van der Waals surface area contributed by atoms with Crippen molar-refractivity contribution in [3.8, 4) is 5.88 Å². The Morgan fingerprint density at radius 2 is 2.33 bits per heavy atom. The summed E-state index contributed by atoms with van der Waals surface area (Å²) < 4.78 is 5.19. The van der Waals surface area contributed by atoms with Gasteiger partial charge in [0, 0.05) is 38.0 Å². The van der Waals surface area contributed by atoms with E-state index in [9.17, 15) is 10.1 Å². The van der Waals surface area contributed by atoms with Crippen LogP contribution in [0, 0.1) is 10.1 Å². The average Bonchev–Trinajstić information content (AvgIpc) is 3.40. The van der Waals surface area contributed by atoms with Gasteiger partial charge in [0.1, 0.15) is 0 Å². The lowest BCUT2D eigenvalue weighted by molar-refractivity contribution is -0.389. The quantitative estimate of drug-likeness (QED) is 0.459. The highest BCUT2D eigenvalue weighted by Gasteiger charge is 2.56. The number of hydrogen-bond donors (Lipinski definition) is 1. The second-order valence-electron chi connectivity index (χ2n) is 6.74. The first kappa shape index (κ1) is 18.0. The molecule has 2 aliphatic heterocycles. The third-order valence-electron chi connectivity index (χ3n) is 5.06. The van der Waals surface area contributed by atoms with E-state index in [0.717, 1.165) is 43.7 Å². The van der Waals surface area contributed by atoms with Crippen LogP contribution in [0.3, 0.4) is 0 Å². The molecular formula is C18H21N5O3S. The minimum atomic E-state index is -0.466. The van der Waals surface area contributed by atoms with Gasteiger partial charge in [-0.3, -0.25) is 5.32 Å². The van der Waals surface area contributed by atoms with Gasteiger partial charge >= 0.3 is 5.82 Å². The topological polar surface area (TPSA) is 93.4 Å². The summed E-state index contributed by atoms with van der Waals surface area (Å²) in [5, 5.41) is 15.0. The number of methoxy groups -OCH3 is 1. The van der Waals surface area contributed by atoms with E-state index in [4.69, 9.17) is 4.74 Å². The van der Waals surface area contributed by atoms with Crippen molar-refractivity contribution in [3.63, 3.8) is 0 Å². The molecule has 0 amide bonds. The maximum Gasteiger partial charge on any atom is 0.363 e. The number of nitrogens with one attached hydrogen (secondary N) is 1. The monoisotopic (exact) mass is 387 g/mol. The highest BCUT2D eigenvalue weighted by atomic mass is 32.2. The summed E-state index contributed by atoms with van der Waals surface area (Å²) >= 11 is 1.97. The molecule has 0 bridgehead atoms. The van der Waals surface area contributed by atoms with Crippen LogP contribution in [0.5, 0.6) is 5.88 Å². The number of nitro groups is 1. The standard InChI is InChI=1S/C18H21N5O3S/c1-26-17-9-13(5-7-19-17)10-21-18-6-2-8-22(12-15(18)27-18)14-3-4-16(20-11-14)23(24)25/h3-5,7,9,11,15,21H,2,6,8,10,12H2,1H3/t15-,18-/m0/s1. The van der Waals surface area contributed by atoms with E-state index in [-0.39, 0.29) is 10.7 Å². The lowest BCUT2D eigenvalue weighted by atomic mass is 10.1. The summed E-state index contributed by atoms with van der Waals surface area (Å²) in [6.07, 6.45) is 5.53. The number of pyridine rings is 2. The summed E-state index contributed by atoms with van der Waals surface area (Å²) in [4.78, 5) is 20.8. The summed E-state index contributed by atoms with van der Waals surface area (Å²) in [6, 6.07) is 7.22. The van der Waals surface area contributed by atoms with E-state index < -0.39 is 4.92 Å². The molecule has 2 atom stereocenters. The molecule has 27 heavy (non-hydrogen) atoms. The molecule has 2 fully saturated rings. The van der Waals surface area contributed by atoms with Gasteiger partial charge in [-0.1, -0.05) is 0 Å². The van der Waals surface area contributed by atoms with Gasteiger partial charge in [0.15, 0.2) is 6.20 Å². The number of hydrogen-bond acceptors (Lipinski definition) is 8. The Morgan fingerprint density at radius 3 is 3.07 bits per heavy atom. The van der Waals surface area contributed by atoms with Crippen molar-refractivity contribution in [2.45, 2.75) is 29.5 Å². The smallest absolute Gasteiger partial charge is 0.363 e. The third-order valence-corrected chi connectivity index (χ3v) is 6.70. The number of anilines is 1. The molecule has 2 aliphatic rings. The van der Waals surface area contributed by atoms with E-state index >= 15 is 0 Å². The Bertz CT molecular complexity index is 834. The summed E-state index contributed by atoms with van der Waals surface area (Å²) in [5.74, 6) is 0.516. The molecule has 4 rings (SSSR count). The SMILES string of the molecule is COc1cc(CN[C@]23CCCN(c4ccc([N+](=O)[O-])nc4)C[C@@H]2S3)ccn1. The zero-order chi connectivity index (χ0) is 18.9. The average molecular weight is 387 g/mol. The van der Waals surface area contributed by atoms with Gasteiger partial charge in [0.25, 0.3) is 0 Å². The van der Waals surface area contributed by atoms with E-state index in [2.05, 4.69) is 20.2 Å². The number of fused-ring (bicyclic) bond motifs is 1. The van der Waals surface area contributed by atoms with E-state index in [1.807, 2.05) is 23.9 Å². The third kappa shape index (κ3) is 3.84. The van der Waals surface area contributed by atoms with Crippen LogP contribution in [-0.4, -0.2) is 45.2 Å². The second-order valence-corrected chi connectivity index (χ2v) is 8.27. The van der Waals surface area contributed by atoms with Crippen LogP contribution in [0.15, 0.2) is 36.7 Å². The molecule has 142 valence electrons. The van der Waals surface area contributed by atoms with Gasteiger partial charge in [-0.25, -0.2) is 4.98 Å². The summed E-state index contributed by atoms with van der Waals surface area (Å²) in [7, 11) is 1.62. The Morgan fingerprint density at radius 1 is 1.44 bits per heavy atom. The number of rotatable bonds is 6. The van der Waals surface area contributed by atoms with Crippen LogP contribution in [-0.2, 0) is 6.54 Å². The van der Waals surface area contributed by atoms with Crippen LogP contribution >= 0.6 is 11.8 Å². The van der Waals surface area contributed by atoms with Crippen molar-refractivity contribution in [3.05, 3.63) is 52.3 Å².